The third kappa shape index (κ3) is 4.45. The highest BCUT2D eigenvalue weighted by Gasteiger charge is 2.03. The Bertz CT molecular complexity index is 399. The molecule has 0 heterocycles. The van der Waals surface area contributed by atoms with Gasteiger partial charge in [0.25, 0.3) is 0 Å². The molecule has 1 aromatic rings. The normalized spacial score (nSPS) is 9.78. The van der Waals surface area contributed by atoms with Crippen LogP contribution < -0.4 is 15.4 Å². The van der Waals surface area contributed by atoms with E-state index in [1.807, 2.05) is 26.0 Å². The van der Waals surface area contributed by atoms with Crippen molar-refractivity contribution in [3.8, 4) is 5.75 Å². The topological polar surface area (TPSA) is 45.7 Å². The summed E-state index contributed by atoms with van der Waals surface area (Å²) in [7, 11) is 1.63. The Morgan fingerprint density at radius 1 is 1.28 bits per heavy atom. The lowest BCUT2D eigenvalue weighted by Crippen LogP contribution is -2.36. The number of nitrogens with one attached hydrogen (secondary N) is 2. The second-order valence-corrected chi connectivity index (χ2v) is 4.12. The Morgan fingerprint density at radius 2 is 1.94 bits per heavy atom. The minimum Gasteiger partial charge on any atom is -0.496 e. The Hall–Kier alpha value is -1.42. The van der Waals surface area contributed by atoms with Gasteiger partial charge in [0.05, 0.1) is 13.7 Å². The first-order chi connectivity index (χ1) is 8.71. The van der Waals surface area contributed by atoms with Crippen LogP contribution >= 0.6 is 11.6 Å². The first-order valence-corrected chi connectivity index (χ1v) is 6.43. The molecule has 0 aliphatic heterocycles. The van der Waals surface area contributed by atoms with Crippen LogP contribution in [0.25, 0.3) is 0 Å². The van der Waals surface area contributed by atoms with E-state index in [-0.39, 0.29) is 0 Å². The molecule has 0 saturated heterocycles. The first-order valence-electron chi connectivity index (χ1n) is 6.05. The molecule has 4 nitrogen and oxygen atoms in total. The molecule has 0 saturated carbocycles. The lowest BCUT2D eigenvalue weighted by Gasteiger charge is -2.10. The van der Waals surface area contributed by atoms with Gasteiger partial charge in [-0.1, -0.05) is 17.7 Å². The summed E-state index contributed by atoms with van der Waals surface area (Å²) in [5.41, 5.74) is 1.01. The zero-order chi connectivity index (χ0) is 13.4. The molecule has 18 heavy (non-hydrogen) atoms. The van der Waals surface area contributed by atoms with Crippen LogP contribution in [0.2, 0.25) is 5.02 Å². The second kappa shape index (κ2) is 7.82. The average molecular weight is 270 g/mol. The SMILES string of the molecule is CCNC(=NCc1ccc(Cl)cc1OC)NCC. The van der Waals surface area contributed by atoms with Crippen molar-refractivity contribution in [2.75, 3.05) is 20.2 Å². The molecule has 1 aromatic carbocycles. The zero-order valence-electron chi connectivity index (χ0n) is 11.1. The van der Waals surface area contributed by atoms with Gasteiger partial charge in [-0.3, -0.25) is 0 Å². The standard InChI is InChI=1S/C13H20ClN3O/c1-4-15-13(16-5-2)17-9-10-6-7-11(14)8-12(10)18-3/h6-8H,4-5,9H2,1-3H3,(H2,15,16,17). The van der Waals surface area contributed by atoms with Crippen LogP contribution in [0.1, 0.15) is 19.4 Å². The Kier molecular flexibility index (Phi) is 6.36. The summed E-state index contributed by atoms with van der Waals surface area (Å²) in [6, 6.07) is 5.57. The van der Waals surface area contributed by atoms with Crippen LogP contribution in [-0.2, 0) is 6.54 Å². The predicted octanol–water partition coefficient (Wildman–Crippen LogP) is 2.42. The summed E-state index contributed by atoms with van der Waals surface area (Å²) >= 11 is 5.92. The molecular formula is C13H20ClN3O. The summed E-state index contributed by atoms with van der Waals surface area (Å²) in [4.78, 5) is 4.48. The molecular weight excluding hydrogens is 250 g/mol. The van der Waals surface area contributed by atoms with Crippen LogP contribution in [0.4, 0.5) is 0 Å². The number of hydrogen-bond donors (Lipinski definition) is 2. The number of benzene rings is 1. The van der Waals surface area contributed by atoms with Gasteiger partial charge in [0.2, 0.25) is 0 Å². The number of ether oxygens (including phenoxy) is 1. The highest BCUT2D eigenvalue weighted by atomic mass is 35.5. The van der Waals surface area contributed by atoms with Gasteiger partial charge in [0.15, 0.2) is 5.96 Å². The van der Waals surface area contributed by atoms with E-state index in [1.165, 1.54) is 0 Å². The largest absolute Gasteiger partial charge is 0.496 e. The summed E-state index contributed by atoms with van der Waals surface area (Å²) in [6.07, 6.45) is 0. The van der Waals surface area contributed by atoms with Crippen LogP contribution in [0.5, 0.6) is 5.75 Å². The van der Waals surface area contributed by atoms with Gasteiger partial charge in [-0.2, -0.15) is 0 Å². The average Bonchev–Trinajstić information content (AvgIpc) is 2.37. The van der Waals surface area contributed by atoms with Gasteiger partial charge in [0, 0.05) is 23.7 Å². The Balaban J connectivity index is 2.79. The molecule has 0 radical (unpaired) electrons. The Labute approximate surface area is 113 Å². The van der Waals surface area contributed by atoms with Crippen molar-refractivity contribution < 1.29 is 4.74 Å². The van der Waals surface area contributed by atoms with E-state index in [4.69, 9.17) is 16.3 Å². The molecule has 0 fully saturated rings. The van der Waals surface area contributed by atoms with Crippen LogP contribution in [0.3, 0.4) is 0 Å². The van der Waals surface area contributed by atoms with E-state index < -0.39 is 0 Å². The van der Waals surface area contributed by atoms with E-state index in [1.54, 1.807) is 13.2 Å². The van der Waals surface area contributed by atoms with Crippen LogP contribution in [0, 0.1) is 0 Å². The number of guanidine groups is 1. The lowest BCUT2D eigenvalue weighted by molar-refractivity contribution is 0.410. The summed E-state index contributed by atoms with van der Waals surface area (Å²) in [6.45, 7) is 6.30. The maximum Gasteiger partial charge on any atom is 0.191 e. The van der Waals surface area contributed by atoms with Crippen molar-refractivity contribution in [1.29, 1.82) is 0 Å². The molecule has 0 aliphatic carbocycles. The lowest BCUT2D eigenvalue weighted by atomic mass is 10.2. The quantitative estimate of drug-likeness (QED) is 0.637. The fraction of sp³-hybridized carbons (Fsp3) is 0.462. The number of hydrogen-bond acceptors (Lipinski definition) is 2. The van der Waals surface area contributed by atoms with Gasteiger partial charge >= 0.3 is 0 Å². The highest BCUT2D eigenvalue weighted by molar-refractivity contribution is 6.30. The van der Waals surface area contributed by atoms with Gasteiger partial charge in [-0.15, -0.1) is 0 Å². The first kappa shape index (κ1) is 14.6. The van der Waals surface area contributed by atoms with Gasteiger partial charge in [-0.05, 0) is 26.0 Å². The van der Waals surface area contributed by atoms with E-state index >= 15 is 0 Å². The minimum atomic E-state index is 0.551. The van der Waals surface area contributed by atoms with Gasteiger partial charge in [-0.25, -0.2) is 4.99 Å². The van der Waals surface area contributed by atoms with E-state index in [0.29, 0.717) is 11.6 Å². The number of rotatable bonds is 5. The minimum absolute atomic E-state index is 0.551. The smallest absolute Gasteiger partial charge is 0.191 e. The molecule has 0 aromatic heterocycles. The molecule has 2 N–H and O–H groups in total. The van der Waals surface area contributed by atoms with Crippen LogP contribution in [0.15, 0.2) is 23.2 Å². The zero-order valence-corrected chi connectivity index (χ0v) is 11.8. The maximum absolute atomic E-state index is 5.92. The summed E-state index contributed by atoms with van der Waals surface area (Å²) in [5.74, 6) is 1.57. The summed E-state index contributed by atoms with van der Waals surface area (Å²) < 4.78 is 5.28. The van der Waals surface area contributed by atoms with Crippen molar-refractivity contribution in [2.24, 2.45) is 4.99 Å². The number of nitrogens with zero attached hydrogens (tertiary/aromatic N) is 1. The van der Waals surface area contributed by atoms with Gasteiger partial charge < -0.3 is 15.4 Å². The maximum atomic E-state index is 5.92. The molecule has 100 valence electrons. The van der Waals surface area contributed by atoms with E-state index in [9.17, 15) is 0 Å². The fourth-order valence-corrected chi connectivity index (χ4v) is 1.68. The van der Waals surface area contributed by atoms with Gasteiger partial charge in [0.1, 0.15) is 5.75 Å². The van der Waals surface area contributed by atoms with Crippen molar-refractivity contribution in [3.05, 3.63) is 28.8 Å². The molecule has 0 unspecified atom stereocenters. The third-order valence-corrected chi connectivity index (χ3v) is 2.58. The number of halogens is 1. The van der Waals surface area contributed by atoms with Crippen molar-refractivity contribution in [3.63, 3.8) is 0 Å². The molecule has 5 heteroatoms. The van der Waals surface area contributed by atoms with Crippen LogP contribution in [-0.4, -0.2) is 26.2 Å². The number of methoxy groups -OCH3 is 1. The van der Waals surface area contributed by atoms with Crippen molar-refractivity contribution in [2.45, 2.75) is 20.4 Å². The van der Waals surface area contributed by atoms with Crippen molar-refractivity contribution in [1.82, 2.24) is 10.6 Å². The summed E-state index contributed by atoms with van der Waals surface area (Å²) in [5, 5.41) is 7.01. The molecule has 0 aliphatic rings. The van der Waals surface area contributed by atoms with E-state index in [2.05, 4.69) is 15.6 Å². The van der Waals surface area contributed by atoms with E-state index in [0.717, 1.165) is 30.4 Å². The monoisotopic (exact) mass is 269 g/mol. The van der Waals surface area contributed by atoms with Crippen molar-refractivity contribution >= 4 is 17.6 Å². The molecule has 0 atom stereocenters. The fourth-order valence-electron chi connectivity index (χ4n) is 1.52. The number of aliphatic imine (C=N–C) groups is 1. The molecule has 0 spiro atoms. The second-order valence-electron chi connectivity index (χ2n) is 3.68. The molecule has 1 rings (SSSR count). The Morgan fingerprint density at radius 3 is 2.50 bits per heavy atom. The molecule has 0 amide bonds. The molecule has 0 bridgehead atoms. The third-order valence-electron chi connectivity index (χ3n) is 2.35. The predicted molar refractivity (Wildman–Crippen MR) is 76.5 cm³/mol. The highest BCUT2D eigenvalue weighted by Crippen LogP contribution is 2.23.